The molecular weight excluding hydrogens is 488 g/mol. The maximum atomic E-state index is 12.8. The largest absolute Gasteiger partial charge is 0.458 e. The molecule has 7 nitrogen and oxygen atoms in total. The van der Waals surface area contributed by atoms with Gasteiger partial charge in [-0.25, -0.2) is 4.98 Å². The van der Waals surface area contributed by atoms with Crippen molar-refractivity contribution in [3.8, 4) is 11.1 Å². The first kappa shape index (κ1) is 24.6. The molecule has 188 valence electrons. The van der Waals surface area contributed by atoms with Gasteiger partial charge in [-0.15, -0.1) is 0 Å². The van der Waals surface area contributed by atoms with Crippen LogP contribution < -0.4 is 11.1 Å². The number of aromatic nitrogens is 1. The maximum Gasteiger partial charge on any atom is 0.253 e. The molecule has 3 heterocycles. The van der Waals surface area contributed by atoms with Crippen LogP contribution in [0, 0.1) is 5.92 Å². The normalized spacial score (nSPS) is 15.5. The maximum absolute atomic E-state index is 12.8. The van der Waals surface area contributed by atoms with Crippen LogP contribution in [-0.4, -0.2) is 34.8 Å². The summed E-state index contributed by atoms with van der Waals surface area (Å²) in [6, 6.07) is 16.8. The fourth-order valence-corrected chi connectivity index (χ4v) is 4.71. The lowest BCUT2D eigenvalue weighted by Gasteiger charge is -2.16. The van der Waals surface area contributed by atoms with Crippen molar-refractivity contribution in [2.45, 2.75) is 19.9 Å². The minimum absolute atomic E-state index is 0.0749. The monoisotopic (exact) mass is 514 g/mol. The van der Waals surface area contributed by atoms with Gasteiger partial charge >= 0.3 is 0 Å². The average Bonchev–Trinajstić information content (AvgIpc) is 3.53. The Balaban J connectivity index is 1.26. The topological polar surface area (TPSA) is 101 Å². The molecule has 1 aliphatic heterocycles. The van der Waals surface area contributed by atoms with Gasteiger partial charge in [-0.05, 0) is 77.6 Å². The van der Waals surface area contributed by atoms with E-state index in [4.69, 9.17) is 21.8 Å². The number of hydrogen-bond donors (Lipinski definition) is 2. The second-order valence-corrected chi connectivity index (χ2v) is 9.79. The quantitative estimate of drug-likeness (QED) is 0.329. The average molecular weight is 515 g/mol. The summed E-state index contributed by atoms with van der Waals surface area (Å²) >= 11 is 6.53. The van der Waals surface area contributed by atoms with Crippen molar-refractivity contribution in [3.05, 3.63) is 88.8 Å². The van der Waals surface area contributed by atoms with Crippen molar-refractivity contribution in [1.82, 2.24) is 15.2 Å². The number of carbonyl (C=O) groups excluding carboxylic acids is 2. The van der Waals surface area contributed by atoms with Crippen LogP contribution in [0.2, 0.25) is 5.02 Å². The number of likely N-dealkylation sites (tertiary alicyclic amines) is 1. The smallest absolute Gasteiger partial charge is 0.253 e. The van der Waals surface area contributed by atoms with Crippen molar-refractivity contribution < 1.29 is 14.0 Å². The van der Waals surface area contributed by atoms with Gasteiger partial charge < -0.3 is 20.4 Å². The minimum atomic E-state index is -0.262. The Bertz CT molecular complexity index is 1480. The molecule has 2 amide bonds. The van der Waals surface area contributed by atoms with Crippen LogP contribution in [0.15, 0.2) is 71.3 Å². The predicted octanol–water partition coefficient (Wildman–Crippen LogP) is 5.54. The molecule has 0 saturated carbocycles. The van der Waals surface area contributed by atoms with E-state index in [9.17, 15) is 9.59 Å². The van der Waals surface area contributed by atoms with Crippen LogP contribution in [0.1, 0.15) is 35.0 Å². The zero-order valence-electron chi connectivity index (χ0n) is 20.4. The number of benzene rings is 2. The highest BCUT2D eigenvalue weighted by molar-refractivity contribution is 6.35. The highest BCUT2D eigenvalue weighted by Crippen LogP contribution is 2.33. The summed E-state index contributed by atoms with van der Waals surface area (Å²) in [5.74, 6) is 1.38. The summed E-state index contributed by atoms with van der Waals surface area (Å²) in [5, 5.41) is 4.12. The van der Waals surface area contributed by atoms with Crippen molar-refractivity contribution >= 4 is 46.3 Å². The third kappa shape index (κ3) is 5.67. The minimum Gasteiger partial charge on any atom is -0.458 e. The molecule has 1 saturated heterocycles. The molecule has 1 unspecified atom stereocenters. The Morgan fingerprint density at radius 1 is 1.16 bits per heavy atom. The van der Waals surface area contributed by atoms with E-state index in [0.29, 0.717) is 33.7 Å². The molecule has 8 heteroatoms. The number of halogens is 1. The molecule has 0 radical (unpaired) electrons. The number of fused-ring (bicyclic) bond motifs is 1. The molecule has 5 rings (SSSR count). The second kappa shape index (κ2) is 10.5. The number of hydrogen-bond acceptors (Lipinski definition) is 5. The molecule has 2 aromatic heterocycles. The van der Waals surface area contributed by atoms with Crippen LogP contribution in [0.4, 0.5) is 5.82 Å². The zero-order chi connectivity index (χ0) is 25.9. The number of carbonyl (C=O) groups is 2. The van der Waals surface area contributed by atoms with Crippen molar-refractivity contribution in [2.24, 2.45) is 5.92 Å². The van der Waals surface area contributed by atoms with E-state index in [2.05, 4.69) is 17.2 Å². The van der Waals surface area contributed by atoms with Crippen LogP contribution in [0.25, 0.3) is 28.2 Å². The van der Waals surface area contributed by atoms with Crippen LogP contribution in [0.3, 0.4) is 0 Å². The van der Waals surface area contributed by atoms with Crippen LogP contribution >= 0.6 is 11.6 Å². The van der Waals surface area contributed by atoms with E-state index in [-0.39, 0.29) is 18.4 Å². The van der Waals surface area contributed by atoms with Crippen LogP contribution in [-0.2, 0) is 11.3 Å². The van der Waals surface area contributed by atoms with E-state index in [1.54, 1.807) is 24.4 Å². The Kier molecular flexibility index (Phi) is 6.97. The van der Waals surface area contributed by atoms with E-state index in [1.807, 2.05) is 47.4 Å². The third-order valence-electron chi connectivity index (χ3n) is 6.47. The fraction of sp³-hybridized carbons (Fsp3) is 0.207. The van der Waals surface area contributed by atoms with Gasteiger partial charge in [0.1, 0.15) is 11.6 Å². The first-order chi connectivity index (χ1) is 17.9. The van der Waals surface area contributed by atoms with Crippen LogP contribution in [0.5, 0.6) is 0 Å². The summed E-state index contributed by atoms with van der Waals surface area (Å²) < 4.78 is 5.89. The first-order valence-electron chi connectivity index (χ1n) is 12.1. The lowest BCUT2D eigenvalue weighted by Crippen LogP contribution is -2.28. The molecule has 2 aromatic carbocycles. The highest BCUT2D eigenvalue weighted by Gasteiger charge is 2.24. The third-order valence-corrected chi connectivity index (χ3v) is 6.75. The number of anilines is 1. The van der Waals surface area contributed by atoms with Gasteiger partial charge in [0.05, 0.1) is 11.6 Å². The number of nitrogens with one attached hydrogen (secondary N) is 1. The Hall–Kier alpha value is -4.10. The number of pyridine rings is 1. The molecule has 0 spiro atoms. The summed E-state index contributed by atoms with van der Waals surface area (Å²) in [6.07, 6.45) is 5.74. The summed E-state index contributed by atoms with van der Waals surface area (Å²) in [4.78, 5) is 30.9. The van der Waals surface area contributed by atoms with Gasteiger partial charge in [-0.3, -0.25) is 9.59 Å². The van der Waals surface area contributed by atoms with Gasteiger partial charge in [-0.2, -0.15) is 0 Å². The van der Waals surface area contributed by atoms with Gasteiger partial charge in [0.15, 0.2) is 5.58 Å². The number of nitrogen functional groups attached to an aromatic ring is 1. The molecule has 0 aliphatic carbocycles. The predicted molar refractivity (Wildman–Crippen MR) is 146 cm³/mol. The van der Waals surface area contributed by atoms with Gasteiger partial charge in [0, 0.05) is 36.3 Å². The Morgan fingerprint density at radius 3 is 2.68 bits per heavy atom. The van der Waals surface area contributed by atoms with Crippen molar-refractivity contribution in [2.75, 3.05) is 18.8 Å². The molecule has 4 aromatic rings. The van der Waals surface area contributed by atoms with E-state index < -0.39 is 0 Å². The zero-order valence-corrected chi connectivity index (χ0v) is 21.2. The molecule has 1 fully saturated rings. The number of rotatable bonds is 6. The standard InChI is InChI=1S/C29H27ClN4O3/c1-18-10-11-34(17-18)29(36)21-6-4-20(5-7-21)22-12-23-13-24(37-28(23)25(30)14-22)16-33-27(35)9-3-19-2-8-26(31)32-15-19/h2-9,12-15,18H,10-11,16-17H2,1H3,(H2,31,32)(H,33,35). The van der Waals surface area contributed by atoms with Gasteiger partial charge in [0.2, 0.25) is 5.91 Å². The SMILES string of the molecule is CC1CCN(C(=O)c2ccc(-c3cc(Cl)c4oc(CNC(=O)C=Cc5ccc(N)nc5)cc4c3)cc2)C1. The summed E-state index contributed by atoms with van der Waals surface area (Å²) in [5.41, 5.74) is 9.47. The Labute approximate surface area is 219 Å². The van der Waals surface area contributed by atoms with Crippen molar-refractivity contribution in [1.29, 1.82) is 0 Å². The fourth-order valence-electron chi connectivity index (χ4n) is 4.45. The highest BCUT2D eigenvalue weighted by atomic mass is 35.5. The Morgan fingerprint density at radius 2 is 1.97 bits per heavy atom. The van der Waals surface area contributed by atoms with E-state index in [0.717, 1.165) is 41.6 Å². The number of furan rings is 1. The summed E-state index contributed by atoms with van der Waals surface area (Å²) in [7, 11) is 0. The van der Waals surface area contributed by atoms with E-state index >= 15 is 0 Å². The van der Waals surface area contributed by atoms with E-state index in [1.165, 1.54) is 6.08 Å². The van der Waals surface area contributed by atoms with Crippen molar-refractivity contribution in [3.63, 3.8) is 0 Å². The molecule has 1 aliphatic rings. The lowest BCUT2D eigenvalue weighted by atomic mass is 10.0. The number of amides is 2. The van der Waals surface area contributed by atoms with Gasteiger partial charge in [0.25, 0.3) is 5.91 Å². The molecule has 3 N–H and O–H groups in total. The number of nitrogens with two attached hydrogens (primary N) is 1. The molecule has 37 heavy (non-hydrogen) atoms. The van der Waals surface area contributed by atoms with Gasteiger partial charge in [-0.1, -0.05) is 30.7 Å². The molecule has 1 atom stereocenters. The summed E-state index contributed by atoms with van der Waals surface area (Å²) in [6.45, 7) is 4.01. The molecule has 0 bridgehead atoms. The molecular formula is C29H27ClN4O3. The number of nitrogens with zero attached hydrogens (tertiary/aromatic N) is 2. The second-order valence-electron chi connectivity index (χ2n) is 9.38. The first-order valence-corrected chi connectivity index (χ1v) is 12.5. The lowest BCUT2D eigenvalue weighted by molar-refractivity contribution is -0.116.